The number of aliphatic carboxylic acids is 1. The summed E-state index contributed by atoms with van der Waals surface area (Å²) in [5, 5.41) is 34.6. The van der Waals surface area contributed by atoms with Gasteiger partial charge in [-0.3, -0.25) is 4.79 Å². The first-order valence-electron chi connectivity index (χ1n) is 14.4. The second kappa shape index (κ2) is 12.4. The maximum Gasteiger partial charge on any atom is 0.317 e. The molecule has 0 atom stereocenters. The van der Waals surface area contributed by atoms with Gasteiger partial charge in [0.05, 0.1) is 10.6 Å². The minimum absolute atomic E-state index is 0.0816. The largest absolute Gasteiger partial charge is 0.507 e. The Morgan fingerprint density at radius 2 is 1.00 bits per heavy atom. The van der Waals surface area contributed by atoms with Crippen LogP contribution in [0.4, 0.5) is 0 Å². The van der Waals surface area contributed by atoms with Crippen LogP contribution in [-0.2, 0) is 26.5 Å². The van der Waals surface area contributed by atoms with Gasteiger partial charge in [0.1, 0.15) is 11.5 Å². The minimum atomic E-state index is -0.878. The number of hydrogen-bond donors (Lipinski definition) is 4. The Balaban J connectivity index is 2.52. The highest BCUT2D eigenvalue weighted by molar-refractivity contribution is 8.18. The zero-order valence-corrected chi connectivity index (χ0v) is 29.1. The molecule has 0 fully saturated rings. The monoisotopic (exact) mass is 603 g/mol. The van der Waals surface area contributed by atoms with Gasteiger partial charge in [-0.1, -0.05) is 76.2 Å². The first kappa shape index (κ1) is 35.4. The Morgan fingerprint density at radius 1 is 0.659 bits per heavy atom. The van der Waals surface area contributed by atoms with E-state index in [0.29, 0.717) is 24.5 Å². The van der Waals surface area contributed by atoms with Crippen molar-refractivity contribution in [2.45, 2.75) is 132 Å². The van der Waals surface area contributed by atoms with Crippen LogP contribution in [0.3, 0.4) is 0 Å². The molecule has 230 valence electrons. The molecule has 7 heteroatoms. The molecule has 0 saturated heterocycles. The molecular weight excluding hydrogens is 551 g/mol. The Labute approximate surface area is 257 Å². The van der Waals surface area contributed by atoms with Crippen molar-refractivity contribution in [2.75, 3.05) is 13.1 Å². The summed E-state index contributed by atoms with van der Waals surface area (Å²) >= 11 is 3.55. The van der Waals surface area contributed by atoms with Gasteiger partial charge in [0.15, 0.2) is 0 Å². The van der Waals surface area contributed by atoms with Gasteiger partial charge in [-0.15, -0.1) is 23.5 Å². The predicted octanol–water partition coefficient (Wildman–Crippen LogP) is 8.95. The van der Waals surface area contributed by atoms with E-state index in [0.717, 1.165) is 32.0 Å². The molecule has 2 rings (SSSR count). The number of thioether (sulfide) groups is 2. The molecule has 0 aliphatic carbocycles. The van der Waals surface area contributed by atoms with Crippen molar-refractivity contribution in [1.29, 1.82) is 0 Å². The van der Waals surface area contributed by atoms with Gasteiger partial charge in [-0.05, 0) is 72.7 Å². The Bertz CT molecular complexity index is 1210. The van der Waals surface area contributed by atoms with Crippen molar-refractivity contribution in [1.82, 2.24) is 5.32 Å². The zero-order chi connectivity index (χ0) is 31.8. The highest BCUT2D eigenvalue weighted by Crippen LogP contribution is 2.51. The normalized spacial score (nSPS) is 13.5. The Kier molecular flexibility index (Phi) is 10.7. The van der Waals surface area contributed by atoms with Crippen LogP contribution < -0.4 is 5.32 Å². The molecule has 2 aromatic carbocycles. The number of carboxylic acid groups (broad SMARTS) is 1. The molecule has 0 saturated carbocycles. The van der Waals surface area contributed by atoms with E-state index in [1.807, 2.05) is 0 Å². The molecule has 0 spiro atoms. The third-order valence-electron chi connectivity index (χ3n) is 7.25. The van der Waals surface area contributed by atoms with Gasteiger partial charge in [0.2, 0.25) is 0 Å². The summed E-state index contributed by atoms with van der Waals surface area (Å²) in [6.45, 7) is 28.2. The number of phenolic OH excluding ortho intramolecular Hbond substituents is 2. The van der Waals surface area contributed by atoms with Crippen LogP contribution in [-0.4, -0.2) is 38.5 Å². The van der Waals surface area contributed by atoms with Crippen LogP contribution in [0.15, 0.2) is 34.1 Å². The highest BCUT2D eigenvalue weighted by atomic mass is 32.2. The van der Waals surface area contributed by atoms with E-state index in [9.17, 15) is 15.0 Å². The molecule has 41 heavy (non-hydrogen) atoms. The van der Waals surface area contributed by atoms with Crippen molar-refractivity contribution in [3.63, 3.8) is 0 Å². The molecule has 4 N–H and O–H groups in total. The lowest BCUT2D eigenvalue weighted by Crippen LogP contribution is -2.29. The molecule has 0 unspecified atom stereocenters. The Morgan fingerprint density at radius 3 is 1.34 bits per heavy atom. The maximum atomic E-state index is 11.4. The van der Waals surface area contributed by atoms with Gasteiger partial charge in [-0.2, -0.15) is 0 Å². The Hall–Kier alpha value is -1.83. The van der Waals surface area contributed by atoms with Crippen molar-refractivity contribution >= 4 is 29.5 Å². The van der Waals surface area contributed by atoms with E-state index in [-0.39, 0.29) is 32.3 Å². The van der Waals surface area contributed by atoms with Gasteiger partial charge >= 0.3 is 5.97 Å². The van der Waals surface area contributed by atoms with E-state index in [2.05, 4.69) is 120 Å². The average Bonchev–Trinajstić information content (AvgIpc) is 2.76. The molecule has 0 bridgehead atoms. The van der Waals surface area contributed by atoms with Crippen LogP contribution in [0, 0.1) is 0 Å². The maximum absolute atomic E-state index is 11.4. The van der Waals surface area contributed by atoms with Crippen molar-refractivity contribution < 1.29 is 20.1 Å². The van der Waals surface area contributed by atoms with Crippen LogP contribution in [0.5, 0.6) is 11.5 Å². The fourth-order valence-corrected chi connectivity index (χ4v) is 7.47. The second-order valence-corrected chi connectivity index (χ2v) is 18.9. The van der Waals surface area contributed by atoms with Crippen LogP contribution >= 0.6 is 23.5 Å². The van der Waals surface area contributed by atoms with E-state index in [1.54, 1.807) is 23.5 Å². The number of carbonyl (C=O) groups is 1. The van der Waals surface area contributed by atoms with Crippen LogP contribution in [0.25, 0.3) is 0 Å². The number of benzene rings is 2. The molecule has 5 nitrogen and oxygen atoms in total. The number of aromatic hydroxyl groups is 2. The third-order valence-corrected chi connectivity index (χ3v) is 9.68. The number of nitrogens with one attached hydrogen (secondary N) is 1. The lowest BCUT2D eigenvalue weighted by molar-refractivity contribution is -0.135. The highest BCUT2D eigenvalue weighted by Gasteiger charge is 2.32. The van der Waals surface area contributed by atoms with Crippen LogP contribution in [0.1, 0.15) is 119 Å². The first-order chi connectivity index (χ1) is 18.3. The molecule has 0 heterocycles. The topological polar surface area (TPSA) is 89.8 Å². The van der Waals surface area contributed by atoms with Crippen molar-refractivity contribution in [2.24, 2.45) is 0 Å². The second-order valence-electron chi connectivity index (χ2n) is 15.3. The summed E-state index contributed by atoms with van der Waals surface area (Å²) in [5.74, 6) is -0.173. The van der Waals surface area contributed by atoms with Crippen molar-refractivity contribution in [3.8, 4) is 11.5 Å². The summed E-state index contributed by atoms with van der Waals surface area (Å²) in [4.78, 5) is 13.1. The summed E-state index contributed by atoms with van der Waals surface area (Å²) in [6.07, 6.45) is 0.683. The lowest BCUT2D eigenvalue weighted by Gasteiger charge is -2.32. The van der Waals surface area contributed by atoms with Crippen molar-refractivity contribution in [3.05, 3.63) is 46.5 Å². The average molecular weight is 604 g/mol. The first-order valence-corrected chi connectivity index (χ1v) is 16.0. The van der Waals surface area contributed by atoms with E-state index in [4.69, 9.17) is 5.11 Å². The fraction of sp³-hybridized carbons (Fsp3) is 0.618. The van der Waals surface area contributed by atoms with E-state index >= 15 is 0 Å². The molecule has 2 aromatic rings. The van der Waals surface area contributed by atoms with E-state index < -0.39 is 5.97 Å². The number of rotatable bonds is 10. The lowest BCUT2D eigenvalue weighted by atomic mass is 9.77. The number of carboxylic acids is 1. The third kappa shape index (κ3) is 9.59. The quantitative estimate of drug-likeness (QED) is 0.122. The molecule has 0 radical (unpaired) electrons. The van der Waals surface area contributed by atoms with Gasteiger partial charge in [0.25, 0.3) is 0 Å². The van der Waals surface area contributed by atoms with Gasteiger partial charge < -0.3 is 20.6 Å². The van der Waals surface area contributed by atoms with Gasteiger partial charge in [0, 0.05) is 32.0 Å². The minimum Gasteiger partial charge on any atom is -0.507 e. The molecule has 0 aliphatic heterocycles. The smallest absolute Gasteiger partial charge is 0.317 e. The number of hydrogen-bond acceptors (Lipinski definition) is 6. The van der Waals surface area contributed by atoms with E-state index in [1.165, 1.54) is 0 Å². The summed E-state index contributed by atoms with van der Waals surface area (Å²) in [5.41, 5.74) is 2.65. The predicted molar refractivity (Wildman–Crippen MR) is 176 cm³/mol. The van der Waals surface area contributed by atoms with Crippen LogP contribution in [0.2, 0.25) is 0 Å². The standard InChI is InChI=1S/C34H53NO4S2/c1-30(2,3)23-16-21(17-24(28(23)38)31(4,5)6)40-34(12,13)41-22-18-25(32(7,8)9)29(39)26(19-22)33(10,11)14-15-35-20-27(36)37/h16-19,35,38-39H,14-15,20H2,1-13H3,(H,36,37). The molecule has 0 aromatic heterocycles. The van der Waals surface area contributed by atoms with Gasteiger partial charge in [-0.25, -0.2) is 0 Å². The number of phenols is 2. The summed E-state index contributed by atoms with van der Waals surface area (Å²) in [6, 6.07) is 8.48. The fourth-order valence-electron chi connectivity index (χ4n) is 4.88. The summed E-state index contributed by atoms with van der Waals surface area (Å²) < 4.78 is -0.252. The molecule has 0 amide bonds. The molecular formula is C34H53NO4S2. The summed E-state index contributed by atoms with van der Waals surface area (Å²) in [7, 11) is 0. The zero-order valence-electron chi connectivity index (χ0n) is 27.5. The molecule has 0 aliphatic rings. The SMILES string of the molecule is CC(C)(Sc1cc(C(C)(C)C)c(O)c(C(C)(C)C)c1)Sc1cc(C(C)(C)C)c(O)c(C(C)(C)CCNCC(=O)O)c1.